The van der Waals surface area contributed by atoms with Gasteiger partial charge in [0.2, 0.25) is 0 Å². The summed E-state index contributed by atoms with van der Waals surface area (Å²) in [5.41, 5.74) is 2.95. The Kier molecular flexibility index (Phi) is 2.38. The van der Waals surface area contributed by atoms with Crippen molar-refractivity contribution in [3.8, 4) is 22.6 Å². The summed E-state index contributed by atoms with van der Waals surface area (Å²) in [5, 5.41) is 0. The van der Waals surface area contributed by atoms with Gasteiger partial charge in [0.05, 0.1) is 11.9 Å². The SMILES string of the molecule is c1cncc(-c2cnc(-c3cccnc3)[nH]2)c1. The number of imidazole rings is 1. The van der Waals surface area contributed by atoms with E-state index in [9.17, 15) is 0 Å². The van der Waals surface area contributed by atoms with Crippen molar-refractivity contribution in [3.63, 3.8) is 0 Å². The molecule has 3 heterocycles. The van der Waals surface area contributed by atoms with Crippen molar-refractivity contribution >= 4 is 0 Å². The molecule has 0 fully saturated rings. The van der Waals surface area contributed by atoms with Gasteiger partial charge in [-0.15, -0.1) is 0 Å². The standard InChI is InChI=1S/C13H10N4/c1-3-10(7-14-5-1)12-9-16-13(17-12)11-4-2-6-15-8-11/h1-9H,(H,16,17). The van der Waals surface area contributed by atoms with Crippen LogP contribution in [0.15, 0.2) is 55.2 Å². The molecule has 4 nitrogen and oxygen atoms in total. The van der Waals surface area contributed by atoms with Gasteiger partial charge in [-0.2, -0.15) is 0 Å². The summed E-state index contributed by atoms with van der Waals surface area (Å²) in [7, 11) is 0. The number of aromatic amines is 1. The number of rotatable bonds is 2. The number of nitrogens with zero attached hydrogens (tertiary/aromatic N) is 3. The fraction of sp³-hybridized carbons (Fsp3) is 0. The fourth-order valence-corrected chi connectivity index (χ4v) is 1.64. The molecule has 0 spiro atoms. The van der Waals surface area contributed by atoms with Crippen LogP contribution in [-0.2, 0) is 0 Å². The van der Waals surface area contributed by atoms with Crippen LogP contribution in [0.5, 0.6) is 0 Å². The van der Waals surface area contributed by atoms with Crippen molar-refractivity contribution in [1.29, 1.82) is 0 Å². The zero-order chi connectivity index (χ0) is 11.5. The molecule has 0 aliphatic carbocycles. The minimum Gasteiger partial charge on any atom is -0.338 e. The number of aromatic nitrogens is 4. The molecule has 3 aromatic heterocycles. The van der Waals surface area contributed by atoms with E-state index in [2.05, 4.69) is 19.9 Å². The fourth-order valence-electron chi connectivity index (χ4n) is 1.64. The molecular weight excluding hydrogens is 212 g/mol. The molecule has 0 saturated heterocycles. The Bertz CT molecular complexity index is 548. The average molecular weight is 222 g/mol. The second-order valence-electron chi connectivity index (χ2n) is 3.63. The monoisotopic (exact) mass is 222 g/mol. The predicted octanol–water partition coefficient (Wildman–Crippen LogP) is 2.53. The Labute approximate surface area is 98.4 Å². The lowest BCUT2D eigenvalue weighted by molar-refractivity contribution is 1.26. The van der Waals surface area contributed by atoms with Crippen LogP contribution in [0.3, 0.4) is 0 Å². The average Bonchev–Trinajstić information content (AvgIpc) is 2.90. The first-order chi connectivity index (χ1) is 8.43. The van der Waals surface area contributed by atoms with Crippen LogP contribution in [0.2, 0.25) is 0 Å². The van der Waals surface area contributed by atoms with Gasteiger partial charge in [0.25, 0.3) is 0 Å². The summed E-state index contributed by atoms with van der Waals surface area (Å²) >= 11 is 0. The van der Waals surface area contributed by atoms with Crippen LogP contribution in [0.1, 0.15) is 0 Å². The lowest BCUT2D eigenvalue weighted by atomic mass is 10.2. The van der Waals surface area contributed by atoms with Crippen LogP contribution in [0.4, 0.5) is 0 Å². The van der Waals surface area contributed by atoms with E-state index in [1.165, 1.54) is 0 Å². The Morgan fingerprint density at radius 1 is 0.824 bits per heavy atom. The zero-order valence-electron chi connectivity index (χ0n) is 9.04. The molecule has 3 aromatic rings. The molecule has 0 amide bonds. The van der Waals surface area contributed by atoms with Gasteiger partial charge in [-0.25, -0.2) is 4.98 Å². The summed E-state index contributed by atoms with van der Waals surface area (Å²) in [5.74, 6) is 0.817. The van der Waals surface area contributed by atoms with Gasteiger partial charge in [-0.3, -0.25) is 9.97 Å². The van der Waals surface area contributed by atoms with Crippen molar-refractivity contribution in [2.24, 2.45) is 0 Å². The molecule has 0 aliphatic heterocycles. The Balaban J connectivity index is 1.99. The highest BCUT2D eigenvalue weighted by atomic mass is 14.9. The molecule has 17 heavy (non-hydrogen) atoms. The van der Waals surface area contributed by atoms with Crippen molar-refractivity contribution < 1.29 is 0 Å². The van der Waals surface area contributed by atoms with Gasteiger partial charge in [0.1, 0.15) is 5.82 Å². The zero-order valence-corrected chi connectivity index (χ0v) is 9.04. The maximum Gasteiger partial charge on any atom is 0.139 e. The van der Waals surface area contributed by atoms with Gasteiger partial charge in [-0.1, -0.05) is 0 Å². The quantitative estimate of drug-likeness (QED) is 0.724. The molecule has 0 atom stereocenters. The smallest absolute Gasteiger partial charge is 0.139 e. The Morgan fingerprint density at radius 2 is 1.53 bits per heavy atom. The first-order valence-electron chi connectivity index (χ1n) is 5.29. The largest absolute Gasteiger partial charge is 0.338 e. The van der Waals surface area contributed by atoms with Gasteiger partial charge < -0.3 is 4.98 Å². The van der Waals surface area contributed by atoms with Gasteiger partial charge in [-0.05, 0) is 24.3 Å². The predicted molar refractivity (Wildman–Crippen MR) is 65.0 cm³/mol. The van der Waals surface area contributed by atoms with E-state index in [0.29, 0.717) is 0 Å². The topological polar surface area (TPSA) is 54.5 Å². The molecule has 3 rings (SSSR count). The molecular formula is C13H10N4. The van der Waals surface area contributed by atoms with Crippen LogP contribution in [-0.4, -0.2) is 19.9 Å². The van der Waals surface area contributed by atoms with Crippen LogP contribution < -0.4 is 0 Å². The van der Waals surface area contributed by atoms with E-state index in [1.807, 2.05) is 24.3 Å². The molecule has 0 bridgehead atoms. The normalized spacial score (nSPS) is 10.4. The molecule has 4 heteroatoms. The lowest BCUT2D eigenvalue weighted by Crippen LogP contribution is -1.82. The molecule has 0 saturated carbocycles. The number of nitrogens with one attached hydrogen (secondary N) is 1. The molecule has 1 N–H and O–H groups in total. The van der Waals surface area contributed by atoms with E-state index in [4.69, 9.17) is 0 Å². The summed E-state index contributed by atoms with van der Waals surface area (Å²) < 4.78 is 0. The first-order valence-corrected chi connectivity index (χ1v) is 5.29. The Morgan fingerprint density at radius 3 is 2.18 bits per heavy atom. The van der Waals surface area contributed by atoms with E-state index in [0.717, 1.165) is 22.6 Å². The highest BCUT2D eigenvalue weighted by Gasteiger charge is 2.04. The second kappa shape index (κ2) is 4.17. The van der Waals surface area contributed by atoms with E-state index in [-0.39, 0.29) is 0 Å². The third-order valence-electron chi connectivity index (χ3n) is 2.48. The summed E-state index contributed by atoms with van der Waals surface area (Å²) in [6, 6.07) is 7.76. The second-order valence-corrected chi connectivity index (χ2v) is 3.63. The maximum absolute atomic E-state index is 4.34. The van der Waals surface area contributed by atoms with E-state index in [1.54, 1.807) is 31.0 Å². The molecule has 0 unspecified atom stereocenters. The third-order valence-corrected chi connectivity index (χ3v) is 2.48. The number of hydrogen-bond donors (Lipinski definition) is 1. The van der Waals surface area contributed by atoms with E-state index < -0.39 is 0 Å². The van der Waals surface area contributed by atoms with Gasteiger partial charge in [0, 0.05) is 35.9 Å². The van der Waals surface area contributed by atoms with Crippen LogP contribution >= 0.6 is 0 Å². The van der Waals surface area contributed by atoms with Crippen LogP contribution in [0.25, 0.3) is 22.6 Å². The molecule has 0 aromatic carbocycles. The molecule has 0 aliphatic rings. The highest BCUT2D eigenvalue weighted by molar-refractivity contribution is 5.62. The van der Waals surface area contributed by atoms with Crippen molar-refractivity contribution in [2.75, 3.05) is 0 Å². The minimum absolute atomic E-state index is 0.817. The number of hydrogen-bond acceptors (Lipinski definition) is 3. The maximum atomic E-state index is 4.34. The van der Waals surface area contributed by atoms with Gasteiger partial charge in [0.15, 0.2) is 0 Å². The Hall–Kier alpha value is -2.49. The molecule has 82 valence electrons. The minimum atomic E-state index is 0.817. The summed E-state index contributed by atoms with van der Waals surface area (Å²) in [4.78, 5) is 15.7. The van der Waals surface area contributed by atoms with Gasteiger partial charge >= 0.3 is 0 Å². The summed E-state index contributed by atoms with van der Waals surface area (Å²) in [6.07, 6.45) is 8.89. The third kappa shape index (κ3) is 1.92. The number of H-pyrrole nitrogens is 1. The number of pyridine rings is 2. The lowest BCUT2D eigenvalue weighted by Gasteiger charge is -1.96. The first kappa shape index (κ1) is 9.72. The highest BCUT2D eigenvalue weighted by Crippen LogP contribution is 2.20. The van der Waals surface area contributed by atoms with Crippen LogP contribution in [0, 0.1) is 0 Å². The van der Waals surface area contributed by atoms with Crippen molar-refractivity contribution in [3.05, 3.63) is 55.2 Å². The van der Waals surface area contributed by atoms with E-state index >= 15 is 0 Å². The van der Waals surface area contributed by atoms with Crippen molar-refractivity contribution in [2.45, 2.75) is 0 Å². The summed E-state index contributed by atoms with van der Waals surface area (Å²) in [6.45, 7) is 0. The van der Waals surface area contributed by atoms with Crippen molar-refractivity contribution in [1.82, 2.24) is 19.9 Å². The molecule has 0 radical (unpaired) electrons.